The molecule has 3 N–H and O–H groups in total. The van der Waals surface area contributed by atoms with Crippen molar-refractivity contribution in [3.05, 3.63) is 55.2 Å². The molecule has 0 saturated carbocycles. The van der Waals surface area contributed by atoms with E-state index in [9.17, 15) is 0 Å². The fourth-order valence-corrected chi connectivity index (χ4v) is 3.36. The second kappa shape index (κ2) is 6.24. The third kappa shape index (κ3) is 3.18. The molecule has 1 aromatic carbocycles. The number of hydrazine groups is 1. The van der Waals surface area contributed by atoms with Crippen molar-refractivity contribution in [2.75, 3.05) is 0 Å². The summed E-state index contributed by atoms with van der Waals surface area (Å²) in [4.78, 5) is 1.05. The maximum Gasteiger partial charge on any atom is 0.0931 e. The van der Waals surface area contributed by atoms with E-state index >= 15 is 0 Å². The summed E-state index contributed by atoms with van der Waals surface area (Å²) in [5, 5.41) is 1.29. The van der Waals surface area contributed by atoms with Crippen LogP contribution >= 0.6 is 46.1 Å². The second-order valence-corrected chi connectivity index (χ2v) is 6.33. The van der Waals surface area contributed by atoms with Crippen LogP contribution in [0.2, 0.25) is 14.4 Å². The number of nitrogens with two attached hydrogens (primary N) is 1. The molecule has 18 heavy (non-hydrogen) atoms. The number of nitrogens with one attached hydrogen (secondary N) is 1. The van der Waals surface area contributed by atoms with E-state index in [1.54, 1.807) is 0 Å². The highest BCUT2D eigenvalue weighted by atomic mass is 35.5. The Morgan fingerprint density at radius 3 is 2.28 bits per heavy atom. The summed E-state index contributed by atoms with van der Waals surface area (Å²) in [6, 6.07) is 9.19. The first-order valence-electron chi connectivity index (χ1n) is 5.26. The molecule has 2 aromatic rings. The molecular formula is C12H11Cl3N2S. The Morgan fingerprint density at radius 1 is 1.11 bits per heavy atom. The minimum atomic E-state index is -0.0556. The molecule has 0 aliphatic rings. The summed E-state index contributed by atoms with van der Waals surface area (Å²) >= 11 is 19.7. The van der Waals surface area contributed by atoms with E-state index in [0.717, 1.165) is 14.8 Å². The number of hydrogen-bond donors (Lipinski definition) is 2. The van der Waals surface area contributed by atoms with Crippen LogP contribution in [-0.4, -0.2) is 0 Å². The Hall–Kier alpha value is -0.290. The number of halogens is 3. The van der Waals surface area contributed by atoms with Crippen LogP contribution in [0.3, 0.4) is 0 Å². The van der Waals surface area contributed by atoms with Crippen molar-refractivity contribution in [1.29, 1.82) is 0 Å². The van der Waals surface area contributed by atoms with E-state index in [1.165, 1.54) is 11.3 Å². The lowest BCUT2D eigenvalue weighted by Crippen LogP contribution is -2.29. The van der Waals surface area contributed by atoms with Gasteiger partial charge in [-0.25, -0.2) is 0 Å². The Labute approximate surface area is 125 Å². The maximum absolute atomic E-state index is 6.15. The fourth-order valence-electron chi connectivity index (χ4n) is 1.69. The highest BCUT2D eigenvalue weighted by molar-refractivity contribution is 7.16. The smallest absolute Gasteiger partial charge is 0.0931 e. The molecule has 0 spiro atoms. The molecule has 6 heteroatoms. The lowest BCUT2D eigenvalue weighted by molar-refractivity contribution is 0.561. The molecule has 2 rings (SSSR count). The third-order valence-electron chi connectivity index (χ3n) is 2.61. The van der Waals surface area contributed by atoms with E-state index in [1.807, 2.05) is 30.3 Å². The van der Waals surface area contributed by atoms with Crippen molar-refractivity contribution in [3.63, 3.8) is 0 Å². The average molecular weight is 322 g/mol. The molecule has 2 nitrogen and oxygen atoms in total. The van der Waals surface area contributed by atoms with Gasteiger partial charge in [-0.1, -0.05) is 40.9 Å². The zero-order valence-corrected chi connectivity index (χ0v) is 12.4. The molecule has 0 saturated heterocycles. The molecule has 1 heterocycles. The monoisotopic (exact) mass is 320 g/mol. The first-order valence-corrected chi connectivity index (χ1v) is 7.21. The summed E-state index contributed by atoms with van der Waals surface area (Å²) in [5.74, 6) is 5.59. The minimum absolute atomic E-state index is 0.0556. The van der Waals surface area contributed by atoms with Gasteiger partial charge in [0.25, 0.3) is 0 Å². The molecule has 1 aromatic heterocycles. The van der Waals surface area contributed by atoms with Gasteiger partial charge in [0.05, 0.1) is 10.4 Å². The molecule has 1 atom stereocenters. The number of benzene rings is 1. The molecule has 0 aliphatic heterocycles. The summed E-state index contributed by atoms with van der Waals surface area (Å²) in [6.07, 6.45) is 0.617. The third-order valence-corrected chi connectivity index (χ3v) is 4.66. The Balaban J connectivity index is 2.26. The van der Waals surface area contributed by atoms with Crippen LogP contribution in [0, 0.1) is 0 Å². The van der Waals surface area contributed by atoms with Crippen molar-refractivity contribution < 1.29 is 0 Å². The first kappa shape index (κ1) is 14.1. The Morgan fingerprint density at radius 2 is 1.78 bits per heavy atom. The lowest BCUT2D eigenvalue weighted by Gasteiger charge is -2.16. The Bertz CT molecular complexity index is 522. The minimum Gasteiger partial charge on any atom is -0.271 e. The number of thiophene rings is 1. The van der Waals surface area contributed by atoms with Crippen molar-refractivity contribution >= 4 is 46.1 Å². The van der Waals surface area contributed by atoms with Gasteiger partial charge in [0.1, 0.15) is 0 Å². The molecule has 0 amide bonds. The molecule has 1 unspecified atom stereocenters. The van der Waals surface area contributed by atoms with E-state index in [-0.39, 0.29) is 6.04 Å². The van der Waals surface area contributed by atoms with Crippen LogP contribution in [0.4, 0.5) is 0 Å². The number of hydrogen-bond acceptors (Lipinski definition) is 3. The van der Waals surface area contributed by atoms with E-state index in [2.05, 4.69) is 5.43 Å². The van der Waals surface area contributed by atoms with Gasteiger partial charge in [-0.2, -0.15) is 0 Å². The SMILES string of the molecule is NNC(Cc1c(Cl)cccc1Cl)c1ccc(Cl)s1. The van der Waals surface area contributed by atoms with Gasteiger partial charge in [-0.05, 0) is 36.2 Å². The van der Waals surface area contributed by atoms with Crippen LogP contribution in [0.1, 0.15) is 16.5 Å². The van der Waals surface area contributed by atoms with E-state index in [4.69, 9.17) is 40.6 Å². The average Bonchev–Trinajstić information content (AvgIpc) is 2.76. The molecule has 0 aliphatic carbocycles. The van der Waals surface area contributed by atoms with Crippen molar-refractivity contribution in [2.24, 2.45) is 5.84 Å². The van der Waals surface area contributed by atoms with Crippen LogP contribution < -0.4 is 11.3 Å². The standard InChI is InChI=1S/C12H11Cl3N2S/c13-8-2-1-3-9(14)7(8)6-10(17-16)11-4-5-12(15)18-11/h1-5,10,17H,6,16H2. The maximum atomic E-state index is 6.15. The normalized spacial score (nSPS) is 12.7. The predicted octanol–water partition coefficient (Wildman–Crippen LogP) is 4.46. The summed E-state index contributed by atoms with van der Waals surface area (Å²) in [7, 11) is 0. The summed E-state index contributed by atoms with van der Waals surface area (Å²) in [5.41, 5.74) is 3.65. The lowest BCUT2D eigenvalue weighted by atomic mass is 10.1. The first-order chi connectivity index (χ1) is 8.61. The van der Waals surface area contributed by atoms with Gasteiger partial charge in [0.15, 0.2) is 0 Å². The molecule has 0 bridgehead atoms. The number of rotatable bonds is 4. The van der Waals surface area contributed by atoms with Crippen LogP contribution in [0.5, 0.6) is 0 Å². The van der Waals surface area contributed by atoms with Gasteiger partial charge >= 0.3 is 0 Å². The van der Waals surface area contributed by atoms with E-state index in [0.29, 0.717) is 16.5 Å². The quantitative estimate of drug-likeness (QED) is 0.644. The highest BCUT2D eigenvalue weighted by Crippen LogP contribution is 2.32. The summed E-state index contributed by atoms with van der Waals surface area (Å²) < 4.78 is 0.732. The second-order valence-electron chi connectivity index (χ2n) is 3.77. The van der Waals surface area contributed by atoms with Gasteiger partial charge in [0, 0.05) is 14.9 Å². The zero-order valence-electron chi connectivity index (χ0n) is 9.29. The van der Waals surface area contributed by atoms with Gasteiger partial charge in [-0.15, -0.1) is 11.3 Å². The van der Waals surface area contributed by atoms with Gasteiger partial charge < -0.3 is 0 Å². The zero-order chi connectivity index (χ0) is 13.1. The molecule has 0 radical (unpaired) electrons. The van der Waals surface area contributed by atoms with Gasteiger partial charge in [-0.3, -0.25) is 11.3 Å². The van der Waals surface area contributed by atoms with Crippen LogP contribution in [-0.2, 0) is 6.42 Å². The van der Waals surface area contributed by atoms with Crippen molar-refractivity contribution in [2.45, 2.75) is 12.5 Å². The highest BCUT2D eigenvalue weighted by Gasteiger charge is 2.16. The van der Waals surface area contributed by atoms with Crippen LogP contribution in [0.15, 0.2) is 30.3 Å². The molecular weight excluding hydrogens is 311 g/mol. The molecule has 0 fully saturated rings. The Kier molecular flexibility index (Phi) is 4.90. The van der Waals surface area contributed by atoms with Crippen molar-refractivity contribution in [1.82, 2.24) is 5.43 Å². The largest absolute Gasteiger partial charge is 0.271 e. The van der Waals surface area contributed by atoms with Gasteiger partial charge in [0.2, 0.25) is 0 Å². The predicted molar refractivity (Wildman–Crippen MR) is 79.6 cm³/mol. The topological polar surface area (TPSA) is 38.0 Å². The molecule has 96 valence electrons. The van der Waals surface area contributed by atoms with E-state index < -0.39 is 0 Å². The van der Waals surface area contributed by atoms with Crippen LogP contribution in [0.25, 0.3) is 0 Å². The summed E-state index contributed by atoms with van der Waals surface area (Å²) in [6.45, 7) is 0. The van der Waals surface area contributed by atoms with Crippen molar-refractivity contribution in [3.8, 4) is 0 Å². The fraction of sp³-hybridized carbons (Fsp3) is 0.167.